The highest BCUT2D eigenvalue weighted by Crippen LogP contribution is 2.24. The van der Waals surface area contributed by atoms with Crippen LogP contribution in [0.2, 0.25) is 5.02 Å². The summed E-state index contributed by atoms with van der Waals surface area (Å²) >= 11 is 6.92. The lowest BCUT2D eigenvalue weighted by Gasteiger charge is -2.01. The van der Waals surface area contributed by atoms with Crippen molar-refractivity contribution in [2.45, 2.75) is 10.1 Å². The Morgan fingerprint density at radius 2 is 2.38 bits per heavy atom. The second-order valence-corrected chi connectivity index (χ2v) is 3.91. The molecule has 1 rings (SSSR count). The monoisotopic (exact) mass is 211 g/mol. The Balaban J connectivity index is 2.74. The van der Waals surface area contributed by atoms with Gasteiger partial charge in [0.2, 0.25) is 0 Å². The average molecular weight is 212 g/mol. The summed E-state index contributed by atoms with van der Waals surface area (Å²) in [6.45, 7) is 0. The SMILES string of the molecule is N#CC(C=O)Sc1cccc(Cl)c1. The van der Waals surface area contributed by atoms with E-state index in [-0.39, 0.29) is 0 Å². The minimum absolute atomic E-state index is 0.604. The zero-order valence-corrected chi connectivity index (χ0v) is 8.18. The molecule has 66 valence electrons. The molecule has 0 fully saturated rings. The van der Waals surface area contributed by atoms with Crippen LogP contribution in [0.25, 0.3) is 0 Å². The molecule has 0 radical (unpaired) electrons. The standard InChI is InChI=1S/C9H6ClNOS/c10-7-2-1-3-8(4-7)13-9(5-11)6-12/h1-4,6,9H. The molecule has 0 aromatic heterocycles. The molecule has 1 unspecified atom stereocenters. The second kappa shape index (κ2) is 4.90. The lowest BCUT2D eigenvalue weighted by atomic mass is 10.4. The highest BCUT2D eigenvalue weighted by molar-refractivity contribution is 8.00. The molecule has 4 heteroatoms. The molecule has 0 amide bonds. The molecule has 0 saturated heterocycles. The van der Waals surface area contributed by atoms with Crippen LogP contribution in [-0.4, -0.2) is 11.5 Å². The van der Waals surface area contributed by atoms with Crippen molar-refractivity contribution < 1.29 is 4.79 Å². The third-order valence-corrected chi connectivity index (χ3v) is 2.54. The maximum atomic E-state index is 10.3. The number of nitrogens with zero attached hydrogens (tertiary/aromatic N) is 1. The number of aldehydes is 1. The summed E-state index contributed by atoms with van der Waals surface area (Å²) in [5.74, 6) is 0. The van der Waals surface area contributed by atoms with Gasteiger partial charge in [0.15, 0.2) is 5.25 Å². The van der Waals surface area contributed by atoms with E-state index in [0.717, 1.165) is 4.90 Å². The lowest BCUT2D eigenvalue weighted by Crippen LogP contribution is -1.98. The Morgan fingerprint density at radius 1 is 1.62 bits per heavy atom. The molecule has 1 aromatic carbocycles. The highest BCUT2D eigenvalue weighted by atomic mass is 35.5. The number of rotatable bonds is 3. The topological polar surface area (TPSA) is 40.9 Å². The van der Waals surface area contributed by atoms with Gasteiger partial charge in [0.05, 0.1) is 6.07 Å². The smallest absolute Gasteiger partial charge is 0.151 e. The van der Waals surface area contributed by atoms with E-state index in [1.165, 1.54) is 11.8 Å². The van der Waals surface area contributed by atoms with Gasteiger partial charge >= 0.3 is 0 Å². The molecule has 2 nitrogen and oxygen atoms in total. The van der Waals surface area contributed by atoms with E-state index in [0.29, 0.717) is 11.3 Å². The number of nitriles is 1. The number of hydrogen-bond donors (Lipinski definition) is 0. The molecule has 0 aliphatic carbocycles. The van der Waals surface area contributed by atoms with Gasteiger partial charge in [0, 0.05) is 9.92 Å². The van der Waals surface area contributed by atoms with E-state index in [1.54, 1.807) is 18.2 Å². The van der Waals surface area contributed by atoms with Crippen molar-refractivity contribution in [3.63, 3.8) is 0 Å². The van der Waals surface area contributed by atoms with Crippen molar-refractivity contribution in [1.82, 2.24) is 0 Å². The zero-order chi connectivity index (χ0) is 9.68. The molecule has 0 spiro atoms. The molecular formula is C9H6ClNOS. The van der Waals surface area contributed by atoms with Gasteiger partial charge in [-0.25, -0.2) is 0 Å². The second-order valence-electron chi connectivity index (χ2n) is 2.26. The van der Waals surface area contributed by atoms with Crippen LogP contribution in [0.4, 0.5) is 0 Å². The van der Waals surface area contributed by atoms with Crippen LogP contribution < -0.4 is 0 Å². The van der Waals surface area contributed by atoms with Crippen molar-refractivity contribution in [2.75, 3.05) is 0 Å². The first-order valence-corrected chi connectivity index (χ1v) is 4.79. The van der Waals surface area contributed by atoms with Crippen LogP contribution in [0.3, 0.4) is 0 Å². The average Bonchev–Trinajstić information content (AvgIpc) is 2.14. The Labute approximate surface area is 85.5 Å². The van der Waals surface area contributed by atoms with Crippen LogP contribution in [0, 0.1) is 11.3 Å². The quantitative estimate of drug-likeness (QED) is 0.570. The van der Waals surface area contributed by atoms with Crippen LogP contribution in [0.1, 0.15) is 0 Å². The summed E-state index contributed by atoms with van der Waals surface area (Å²) in [6, 6.07) is 8.93. The summed E-state index contributed by atoms with van der Waals surface area (Å²) in [5, 5.41) is 8.47. The fourth-order valence-electron chi connectivity index (χ4n) is 0.771. The summed E-state index contributed by atoms with van der Waals surface area (Å²) in [7, 11) is 0. The molecule has 13 heavy (non-hydrogen) atoms. The van der Waals surface area contributed by atoms with Crippen LogP contribution in [-0.2, 0) is 4.79 Å². The van der Waals surface area contributed by atoms with Crippen molar-refractivity contribution in [1.29, 1.82) is 5.26 Å². The van der Waals surface area contributed by atoms with Gasteiger partial charge in [-0.3, -0.25) is 0 Å². The summed E-state index contributed by atoms with van der Waals surface area (Å²) in [4.78, 5) is 11.2. The molecule has 0 bridgehead atoms. The van der Waals surface area contributed by atoms with E-state index < -0.39 is 5.25 Å². The van der Waals surface area contributed by atoms with Gasteiger partial charge in [-0.1, -0.05) is 29.4 Å². The van der Waals surface area contributed by atoms with E-state index in [1.807, 2.05) is 12.1 Å². The van der Waals surface area contributed by atoms with Gasteiger partial charge < -0.3 is 4.79 Å². The van der Waals surface area contributed by atoms with E-state index >= 15 is 0 Å². The number of thioether (sulfide) groups is 1. The van der Waals surface area contributed by atoms with Crippen molar-refractivity contribution in [2.24, 2.45) is 0 Å². The normalized spacial score (nSPS) is 11.7. The van der Waals surface area contributed by atoms with Gasteiger partial charge in [0.1, 0.15) is 6.29 Å². The maximum Gasteiger partial charge on any atom is 0.151 e. The Bertz CT molecular complexity index is 348. The number of carbonyl (C=O) groups is 1. The van der Waals surface area contributed by atoms with Gasteiger partial charge in [-0.15, -0.1) is 0 Å². The molecule has 1 aromatic rings. The van der Waals surface area contributed by atoms with E-state index in [2.05, 4.69) is 0 Å². The van der Waals surface area contributed by atoms with Crippen LogP contribution in [0.15, 0.2) is 29.2 Å². The molecule has 0 saturated carbocycles. The Hall–Kier alpha value is -0.980. The number of hydrogen-bond acceptors (Lipinski definition) is 3. The van der Waals surface area contributed by atoms with Crippen molar-refractivity contribution in [3.8, 4) is 6.07 Å². The fraction of sp³-hybridized carbons (Fsp3) is 0.111. The molecule has 0 aliphatic heterocycles. The van der Waals surface area contributed by atoms with Gasteiger partial charge in [0.25, 0.3) is 0 Å². The Morgan fingerprint density at radius 3 is 2.92 bits per heavy atom. The Kier molecular flexibility index (Phi) is 3.81. The largest absolute Gasteiger partial charge is 0.301 e. The van der Waals surface area contributed by atoms with Crippen LogP contribution in [0.5, 0.6) is 0 Å². The first-order valence-electron chi connectivity index (χ1n) is 3.53. The number of benzene rings is 1. The summed E-state index contributed by atoms with van der Waals surface area (Å²) < 4.78 is 0. The zero-order valence-electron chi connectivity index (χ0n) is 6.61. The van der Waals surface area contributed by atoms with Gasteiger partial charge in [-0.2, -0.15) is 5.26 Å². The predicted octanol–water partition coefficient (Wildman–Crippen LogP) is 2.52. The fourth-order valence-corrected chi connectivity index (χ4v) is 1.78. The summed E-state index contributed by atoms with van der Waals surface area (Å²) in [6.07, 6.45) is 0.617. The molecule has 0 N–H and O–H groups in total. The van der Waals surface area contributed by atoms with E-state index in [9.17, 15) is 4.79 Å². The molecule has 1 atom stereocenters. The third kappa shape index (κ3) is 3.10. The van der Waals surface area contributed by atoms with Crippen molar-refractivity contribution >= 4 is 29.6 Å². The first kappa shape index (κ1) is 10.1. The number of halogens is 1. The maximum absolute atomic E-state index is 10.3. The first-order chi connectivity index (χ1) is 6.26. The van der Waals surface area contributed by atoms with Crippen LogP contribution >= 0.6 is 23.4 Å². The lowest BCUT2D eigenvalue weighted by molar-refractivity contribution is -0.106. The molecule has 0 aliphatic rings. The van der Waals surface area contributed by atoms with E-state index in [4.69, 9.17) is 16.9 Å². The van der Waals surface area contributed by atoms with Gasteiger partial charge in [-0.05, 0) is 18.2 Å². The predicted molar refractivity (Wildman–Crippen MR) is 52.8 cm³/mol. The third-order valence-electron chi connectivity index (χ3n) is 1.31. The highest BCUT2D eigenvalue weighted by Gasteiger charge is 2.06. The summed E-state index contributed by atoms with van der Waals surface area (Å²) in [5.41, 5.74) is 0. The number of carbonyl (C=O) groups excluding carboxylic acids is 1. The molecular weight excluding hydrogens is 206 g/mol. The van der Waals surface area contributed by atoms with Crippen molar-refractivity contribution in [3.05, 3.63) is 29.3 Å². The molecule has 0 heterocycles. The minimum Gasteiger partial charge on any atom is -0.301 e. The minimum atomic E-state index is -0.654.